The summed E-state index contributed by atoms with van der Waals surface area (Å²) in [5.41, 5.74) is 4.75. The number of carbonyl (C=O) groups is 3. The van der Waals surface area contributed by atoms with Gasteiger partial charge in [-0.3, -0.25) is 35.3 Å². The maximum absolute atomic E-state index is 12.5. The molecule has 9 nitrogen and oxygen atoms in total. The quantitative estimate of drug-likeness (QED) is 0.435. The Morgan fingerprint density at radius 3 is 2.59 bits per heavy atom. The summed E-state index contributed by atoms with van der Waals surface area (Å²) in [6.45, 7) is 0. The van der Waals surface area contributed by atoms with Crippen LogP contribution < -0.4 is 16.2 Å². The summed E-state index contributed by atoms with van der Waals surface area (Å²) in [7, 11) is 0. The number of rotatable bonds is 8. The van der Waals surface area contributed by atoms with Gasteiger partial charge in [-0.1, -0.05) is 25.3 Å². The fourth-order valence-corrected chi connectivity index (χ4v) is 3.66. The van der Waals surface area contributed by atoms with Crippen molar-refractivity contribution in [3.63, 3.8) is 0 Å². The van der Waals surface area contributed by atoms with Gasteiger partial charge in [-0.05, 0) is 37.3 Å². The molecule has 0 radical (unpaired) electrons. The molecule has 3 amide bonds. The maximum Gasteiger partial charge on any atom is 0.270 e. The third-order valence-corrected chi connectivity index (χ3v) is 5.48. The van der Waals surface area contributed by atoms with Crippen LogP contribution in [0.2, 0.25) is 0 Å². The Labute approximate surface area is 173 Å². The highest BCUT2D eigenvalue weighted by molar-refractivity contribution is 7.98. The minimum Gasteiger partial charge on any atom is -0.340 e. The van der Waals surface area contributed by atoms with Gasteiger partial charge in [0.05, 0.1) is 4.92 Å². The molecule has 1 aliphatic rings. The zero-order chi connectivity index (χ0) is 21.2. The molecule has 0 saturated heterocycles. The summed E-state index contributed by atoms with van der Waals surface area (Å²) in [5.74, 6) is -0.820. The van der Waals surface area contributed by atoms with Crippen molar-refractivity contribution in [3.05, 3.63) is 39.9 Å². The van der Waals surface area contributed by atoms with Crippen molar-refractivity contribution in [1.29, 1.82) is 0 Å². The molecule has 0 aliphatic heterocycles. The van der Waals surface area contributed by atoms with Crippen molar-refractivity contribution in [3.8, 4) is 0 Å². The summed E-state index contributed by atoms with van der Waals surface area (Å²) in [4.78, 5) is 47.5. The van der Waals surface area contributed by atoms with Gasteiger partial charge in [0, 0.05) is 23.6 Å². The van der Waals surface area contributed by atoms with E-state index in [0.29, 0.717) is 12.2 Å². The number of non-ortho nitro benzene ring substituents is 1. The number of amides is 3. The van der Waals surface area contributed by atoms with E-state index in [1.807, 2.05) is 6.26 Å². The van der Waals surface area contributed by atoms with Crippen molar-refractivity contribution >= 4 is 35.2 Å². The molecule has 29 heavy (non-hydrogen) atoms. The highest BCUT2D eigenvalue weighted by Crippen LogP contribution is 2.23. The normalized spacial score (nSPS) is 15.2. The Kier molecular flexibility index (Phi) is 8.91. The van der Waals surface area contributed by atoms with E-state index in [1.165, 1.54) is 30.0 Å². The largest absolute Gasteiger partial charge is 0.340 e. The fraction of sp³-hybridized carbons (Fsp3) is 0.526. The molecule has 1 atom stereocenters. The molecule has 158 valence electrons. The number of carbonyl (C=O) groups excluding carboxylic acids is 3. The monoisotopic (exact) mass is 422 g/mol. The van der Waals surface area contributed by atoms with Gasteiger partial charge in [0.2, 0.25) is 5.91 Å². The number of nitro benzene ring substituents is 1. The van der Waals surface area contributed by atoms with Crippen LogP contribution in [0, 0.1) is 16.0 Å². The van der Waals surface area contributed by atoms with Crippen molar-refractivity contribution in [2.75, 3.05) is 12.0 Å². The molecule has 0 spiro atoms. The molecule has 1 fully saturated rings. The zero-order valence-corrected chi connectivity index (χ0v) is 17.1. The Hall–Kier alpha value is -2.62. The maximum atomic E-state index is 12.5. The third kappa shape index (κ3) is 7.04. The number of hydrogen-bond acceptors (Lipinski definition) is 6. The van der Waals surface area contributed by atoms with Crippen LogP contribution in [0.5, 0.6) is 0 Å². The second-order valence-electron chi connectivity index (χ2n) is 6.93. The van der Waals surface area contributed by atoms with Crippen LogP contribution in [0.15, 0.2) is 24.3 Å². The SMILES string of the molecule is CSCC[C@@H](NC(=O)c1cccc([N+](=O)[O-])c1)C(=O)NNC(=O)C1CCCCC1. The summed E-state index contributed by atoms with van der Waals surface area (Å²) in [6, 6.07) is 4.42. The number of hydrazine groups is 1. The molecule has 1 aromatic carbocycles. The van der Waals surface area contributed by atoms with E-state index in [-0.39, 0.29) is 23.1 Å². The average molecular weight is 423 g/mol. The first kappa shape index (κ1) is 22.7. The van der Waals surface area contributed by atoms with E-state index in [2.05, 4.69) is 16.2 Å². The van der Waals surface area contributed by atoms with Gasteiger partial charge in [0.15, 0.2) is 0 Å². The Morgan fingerprint density at radius 2 is 1.93 bits per heavy atom. The lowest BCUT2D eigenvalue weighted by Crippen LogP contribution is -2.53. The number of nitrogens with zero attached hydrogens (tertiary/aromatic N) is 1. The lowest BCUT2D eigenvalue weighted by atomic mass is 9.89. The van der Waals surface area contributed by atoms with Crippen molar-refractivity contribution in [2.24, 2.45) is 5.92 Å². The van der Waals surface area contributed by atoms with Gasteiger partial charge in [0.1, 0.15) is 6.04 Å². The number of hydrogen-bond donors (Lipinski definition) is 3. The molecule has 2 rings (SSSR count). The predicted octanol–water partition coefficient (Wildman–Crippen LogP) is 2.17. The van der Waals surface area contributed by atoms with E-state index < -0.39 is 22.8 Å². The van der Waals surface area contributed by atoms with Crippen LogP contribution in [0.4, 0.5) is 5.69 Å². The van der Waals surface area contributed by atoms with Crippen LogP contribution in [0.1, 0.15) is 48.9 Å². The molecule has 1 aromatic rings. The molecule has 10 heteroatoms. The lowest BCUT2D eigenvalue weighted by Gasteiger charge is -2.22. The first-order valence-electron chi connectivity index (χ1n) is 9.56. The minimum atomic E-state index is -0.874. The molecular formula is C19H26N4O5S. The van der Waals surface area contributed by atoms with E-state index in [9.17, 15) is 24.5 Å². The second kappa shape index (κ2) is 11.4. The highest BCUT2D eigenvalue weighted by Gasteiger charge is 2.25. The van der Waals surface area contributed by atoms with Crippen molar-refractivity contribution < 1.29 is 19.3 Å². The molecule has 0 bridgehead atoms. The Morgan fingerprint density at radius 1 is 1.21 bits per heavy atom. The van der Waals surface area contributed by atoms with E-state index in [4.69, 9.17) is 0 Å². The first-order chi connectivity index (χ1) is 13.9. The molecule has 0 heterocycles. The zero-order valence-electron chi connectivity index (χ0n) is 16.3. The minimum absolute atomic E-state index is 0.0902. The Bertz CT molecular complexity index is 752. The van der Waals surface area contributed by atoms with Crippen LogP contribution in [-0.2, 0) is 9.59 Å². The number of benzene rings is 1. The fourth-order valence-electron chi connectivity index (χ4n) is 3.18. The van der Waals surface area contributed by atoms with Crippen molar-refractivity contribution in [1.82, 2.24) is 16.2 Å². The first-order valence-corrected chi connectivity index (χ1v) is 11.0. The number of nitro groups is 1. The van der Waals surface area contributed by atoms with Crippen LogP contribution in [0.3, 0.4) is 0 Å². The predicted molar refractivity (Wildman–Crippen MR) is 110 cm³/mol. The van der Waals surface area contributed by atoms with E-state index in [0.717, 1.165) is 38.2 Å². The molecule has 3 N–H and O–H groups in total. The lowest BCUT2D eigenvalue weighted by molar-refractivity contribution is -0.384. The highest BCUT2D eigenvalue weighted by atomic mass is 32.2. The molecule has 1 saturated carbocycles. The van der Waals surface area contributed by atoms with Crippen LogP contribution in [0.25, 0.3) is 0 Å². The van der Waals surface area contributed by atoms with Gasteiger partial charge >= 0.3 is 0 Å². The van der Waals surface area contributed by atoms with E-state index in [1.54, 1.807) is 0 Å². The van der Waals surface area contributed by atoms with E-state index >= 15 is 0 Å². The molecular weight excluding hydrogens is 396 g/mol. The van der Waals surface area contributed by atoms with Crippen LogP contribution >= 0.6 is 11.8 Å². The molecule has 0 unspecified atom stereocenters. The molecule has 1 aliphatic carbocycles. The van der Waals surface area contributed by atoms with Gasteiger partial charge in [-0.2, -0.15) is 11.8 Å². The number of thioether (sulfide) groups is 1. The Balaban J connectivity index is 1.97. The summed E-state index contributed by atoms with van der Waals surface area (Å²) in [5, 5.41) is 13.5. The van der Waals surface area contributed by atoms with Crippen molar-refractivity contribution in [2.45, 2.75) is 44.6 Å². The second-order valence-corrected chi connectivity index (χ2v) is 7.91. The van der Waals surface area contributed by atoms with Crippen LogP contribution in [-0.4, -0.2) is 40.7 Å². The van der Waals surface area contributed by atoms with Gasteiger partial charge in [0.25, 0.3) is 17.5 Å². The van der Waals surface area contributed by atoms with Gasteiger partial charge < -0.3 is 5.32 Å². The standard InChI is InChI=1S/C19H26N4O5S/c1-29-11-10-16(19(26)22-21-18(25)13-6-3-2-4-7-13)20-17(24)14-8-5-9-15(12-14)23(27)28/h5,8-9,12-13,16H,2-4,6-7,10-11H2,1H3,(H,20,24)(H,21,25)(H,22,26)/t16-/m1/s1. The third-order valence-electron chi connectivity index (χ3n) is 4.84. The summed E-state index contributed by atoms with van der Waals surface area (Å²) >= 11 is 1.52. The van der Waals surface area contributed by atoms with Gasteiger partial charge in [-0.25, -0.2) is 0 Å². The summed E-state index contributed by atoms with van der Waals surface area (Å²) < 4.78 is 0. The summed E-state index contributed by atoms with van der Waals surface area (Å²) in [6.07, 6.45) is 6.97. The van der Waals surface area contributed by atoms with Gasteiger partial charge in [-0.15, -0.1) is 0 Å². The smallest absolute Gasteiger partial charge is 0.270 e. The topological polar surface area (TPSA) is 130 Å². The molecule has 0 aromatic heterocycles. The average Bonchev–Trinajstić information content (AvgIpc) is 2.75. The number of nitrogens with one attached hydrogen (secondary N) is 3.